The van der Waals surface area contributed by atoms with Crippen LogP contribution in [0.15, 0.2) is 24.9 Å². The van der Waals surface area contributed by atoms with Gasteiger partial charge in [0.15, 0.2) is 0 Å². The number of hydrogen-bond acceptors (Lipinski definition) is 3. The summed E-state index contributed by atoms with van der Waals surface area (Å²) in [5.74, 6) is 1.47. The van der Waals surface area contributed by atoms with Crippen LogP contribution in [0, 0.1) is 6.92 Å². The Kier molecular flexibility index (Phi) is 3.06. The van der Waals surface area contributed by atoms with Gasteiger partial charge in [-0.05, 0) is 13.3 Å². The van der Waals surface area contributed by atoms with Gasteiger partial charge in [0.05, 0.1) is 6.33 Å². The number of nitrogens with zero attached hydrogens (tertiary/aromatic N) is 4. The average Bonchev–Trinajstić information content (AvgIpc) is 3.07. The summed E-state index contributed by atoms with van der Waals surface area (Å²) in [5, 5.41) is 0. The van der Waals surface area contributed by atoms with E-state index in [4.69, 9.17) is 0 Å². The van der Waals surface area contributed by atoms with Crippen molar-refractivity contribution in [2.75, 3.05) is 13.1 Å². The normalized spacial score (nSPS) is 19.0. The Balaban J connectivity index is 1.61. The number of amides is 1. The number of likely N-dealkylation sites (tertiary alicyclic amines) is 1. The molecule has 1 aliphatic rings. The highest BCUT2D eigenvalue weighted by atomic mass is 16.2. The van der Waals surface area contributed by atoms with Crippen molar-refractivity contribution >= 4 is 5.91 Å². The first-order chi connectivity index (χ1) is 9.22. The van der Waals surface area contributed by atoms with E-state index < -0.39 is 0 Å². The minimum atomic E-state index is 0.142. The molecule has 1 saturated heterocycles. The number of carbonyl (C=O) groups excluding carboxylic acids is 1. The molecule has 6 heteroatoms. The molecule has 2 aromatic heterocycles. The van der Waals surface area contributed by atoms with Gasteiger partial charge in [-0.25, -0.2) is 9.97 Å². The standard InChI is InChI=1S/C13H17N5O/c1-10-6-15-13(16-10)11-2-4-18(7-11)12(19)8-17-5-3-14-9-17/h3,5-6,9,11H,2,4,7-8H2,1H3,(H,15,16)/t11-/m0/s1. The largest absolute Gasteiger partial charge is 0.346 e. The molecular weight excluding hydrogens is 242 g/mol. The zero-order valence-corrected chi connectivity index (χ0v) is 10.9. The van der Waals surface area contributed by atoms with Crippen LogP contribution in [-0.4, -0.2) is 43.4 Å². The lowest BCUT2D eigenvalue weighted by Crippen LogP contribution is -2.31. The van der Waals surface area contributed by atoms with E-state index >= 15 is 0 Å². The SMILES string of the molecule is Cc1cnc([C@H]2CCN(C(=O)Cn3ccnc3)C2)[nH]1. The lowest BCUT2D eigenvalue weighted by atomic mass is 10.1. The Morgan fingerprint density at radius 1 is 1.58 bits per heavy atom. The Hall–Kier alpha value is -2.11. The Bertz CT molecular complexity index is 559. The van der Waals surface area contributed by atoms with Gasteiger partial charge in [-0.2, -0.15) is 0 Å². The molecular formula is C13H17N5O. The van der Waals surface area contributed by atoms with Crippen LogP contribution in [0.25, 0.3) is 0 Å². The summed E-state index contributed by atoms with van der Waals surface area (Å²) in [6.45, 7) is 3.91. The molecule has 3 heterocycles. The van der Waals surface area contributed by atoms with Crippen molar-refractivity contribution in [1.82, 2.24) is 24.4 Å². The maximum Gasteiger partial charge on any atom is 0.242 e. The first kappa shape index (κ1) is 12.0. The van der Waals surface area contributed by atoms with E-state index in [2.05, 4.69) is 15.0 Å². The summed E-state index contributed by atoms with van der Waals surface area (Å²) < 4.78 is 1.80. The summed E-state index contributed by atoms with van der Waals surface area (Å²) >= 11 is 0. The van der Waals surface area contributed by atoms with Crippen molar-refractivity contribution in [3.63, 3.8) is 0 Å². The number of rotatable bonds is 3. The van der Waals surface area contributed by atoms with E-state index in [1.165, 1.54) is 0 Å². The number of hydrogen-bond donors (Lipinski definition) is 1. The molecule has 1 amide bonds. The summed E-state index contributed by atoms with van der Waals surface area (Å²) in [5.41, 5.74) is 1.07. The third-order valence-electron chi connectivity index (χ3n) is 3.53. The molecule has 0 aromatic carbocycles. The minimum absolute atomic E-state index is 0.142. The molecule has 1 atom stereocenters. The van der Waals surface area contributed by atoms with Crippen molar-refractivity contribution in [2.45, 2.75) is 25.8 Å². The monoisotopic (exact) mass is 259 g/mol. The van der Waals surface area contributed by atoms with E-state index in [1.54, 1.807) is 23.3 Å². The Morgan fingerprint density at radius 3 is 3.16 bits per heavy atom. The zero-order chi connectivity index (χ0) is 13.2. The number of imidazole rings is 2. The maximum atomic E-state index is 12.1. The Morgan fingerprint density at radius 2 is 2.47 bits per heavy atom. The van der Waals surface area contributed by atoms with Gasteiger partial charge >= 0.3 is 0 Å². The molecule has 19 heavy (non-hydrogen) atoms. The number of carbonyl (C=O) groups is 1. The van der Waals surface area contributed by atoms with Gasteiger partial charge in [-0.1, -0.05) is 0 Å². The lowest BCUT2D eigenvalue weighted by Gasteiger charge is -2.16. The van der Waals surface area contributed by atoms with Gasteiger partial charge in [-0.3, -0.25) is 4.79 Å². The third-order valence-corrected chi connectivity index (χ3v) is 3.53. The lowest BCUT2D eigenvalue weighted by molar-refractivity contribution is -0.130. The number of aryl methyl sites for hydroxylation is 1. The van der Waals surface area contributed by atoms with Gasteiger partial charge in [0.1, 0.15) is 12.4 Å². The predicted octanol–water partition coefficient (Wildman–Crippen LogP) is 0.931. The molecule has 1 fully saturated rings. The molecule has 3 rings (SSSR count). The zero-order valence-electron chi connectivity index (χ0n) is 10.9. The van der Waals surface area contributed by atoms with Crippen LogP contribution in [-0.2, 0) is 11.3 Å². The van der Waals surface area contributed by atoms with Crippen LogP contribution >= 0.6 is 0 Å². The summed E-state index contributed by atoms with van der Waals surface area (Å²) in [6, 6.07) is 0. The molecule has 1 N–H and O–H groups in total. The van der Waals surface area contributed by atoms with E-state index in [-0.39, 0.29) is 5.91 Å². The molecule has 0 bridgehead atoms. The molecule has 2 aromatic rings. The molecule has 0 radical (unpaired) electrons. The highest BCUT2D eigenvalue weighted by Gasteiger charge is 2.28. The maximum absolute atomic E-state index is 12.1. The van der Waals surface area contributed by atoms with Gasteiger partial charge in [0, 0.05) is 43.3 Å². The highest BCUT2D eigenvalue weighted by Crippen LogP contribution is 2.25. The van der Waals surface area contributed by atoms with Crippen LogP contribution in [0.4, 0.5) is 0 Å². The first-order valence-corrected chi connectivity index (χ1v) is 6.47. The van der Waals surface area contributed by atoms with Crippen LogP contribution in [0.5, 0.6) is 0 Å². The highest BCUT2D eigenvalue weighted by molar-refractivity contribution is 5.76. The molecule has 0 spiro atoms. The molecule has 0 unspecified atom stereocenters. The minimum Gasteiger partial charge on any atom is -0.346 e. The van der Waals surface area contributed by atoms with Gasteiger partial charge in [0.2, 0.25) is 5.91 Å². The second-order valence-corrected chi connectivity index (χ2v) is 5.01. The smallest absolute Gasteiger partial charge is 0.242 e. The van der Waals surface area contributed by atoms with Crippen molar-refractivity contribution < 1.29 is 4.79 Å². The summed E-state index contributed by atoms with van der Waals surface area (Å²) in [7, 11) is 0. The van der Waals surface area contributed by atoms with Crippen molar-refractivity contribution in [3.05, 3.63) is 36.4 Å². The molecule has 6 nitrogen and oxygen atoms in total. The third kappa shape index (κ3) is 2.52. The molecule has 0 aliphatic carbocycles. The quantitative estimate of drug-likeness (QED) is 0.891. The second kappa shape index (κ2) is 4.87. The molecule has 1 aliphatic heterocycles. The topological polar surface area (TPSA) is 66.8 Å². The number of aromatic amines is 1. The van der Waals surface area contributed by atoms with E-state index in [0.717, 1.165) is 31.0 Å². The van der Waals surface area contributed by atoms with Crippen LogP contribution < -0.4 is 0 Å². The van der Waals surface area contributed by atoms with Crippen molar-refractivity contribution in [3.8, 4) is 0 Å². The molecule has 100 valence electrons. The predicted molar refractivity (Wildman–Crippen MR) is 69.5 cm³/mol. The van der Waals surface area contributed by atoms with E-state index in [1.807, 2.05) is 18.0 Å². The van der Waals surface area contributed by atoms with Gasteiger partial charge < -0.3 is 14.5 Å². The average molecular weight is 259 g/mol. The fraction of sp³-hybridized carbons (Fsp3) is 0.462. The van der Waals surface area contributed by atoms with Crippen LogP contribution in [0.2, 0.25) is 0 Å². The van der Waals surface area contributed by atoms with Gasteiger partial charge in [0.25, 0.3) is 0 Å². The summed E-state index contributed by atoms with van der Waals surface area (Å²) in [4.78, 5) is 25.6. The van der Waals surface area contributed by atoms with Crippen LogP contribution in [0.1, 0.15) is 23.9 Å². The Labute approximate surface area is 111 Å². The fourth-order valence-electron chi connectivity index (χ4n) is 2.49. The number of nitrogens with one attached hydrogen (secondary N) is 1. The molecule has 0 saturated carbocycles. The fourth-order valence-corrected chi connectivity index (χ4v) is 2.49. The number of H-pyrrole nitrogens is 1. The number of aromatic nitrogens is 4. The van der Waals surface area contributed by atoms with Crippen molar-refractivity contribution in [1.29, 1.82) is 0 Å². The van der Waals surface area contributed by atoms with E-state index in [0.29, 0.717) is 12.5 Å². The van der Waals surface area contributed by atoms with Crippen LogP contribution in [0.3, 0.4) is 0 Å². The van der Waals surface area contributed by atoms with Crippen molar-refractivity contribution in [2.24, 2.45) is 0 Å². The first-order valence-electron chi connectivity index (χ1n) is 6.47. The summed E-state index contributed by atoms with van der Waals surface area (Å²) in [6.07, 6.45) is 7.97. The second-order valence-electron chi connectivity index (χ2n) is 5.01. The van der Waals surface area contributed by atoms with E-state index in [9.17, 15) is 4.79 Å². The van der Waals surface area contributed by atoms with Gasteiger partial charge in [-0.15, -0.1) is 0 Å².